The van der Waals surface area contributed by atoms with Crippen molar-refractivity contribution in [2.75, 3.05) is 0 Å². The third-order valence-electron chi connectivity index (χ3n) is 7.01. The van der Waals surface area contributed by atoms with Gasteiger partial charge in [0, 0.05) is 5.92 Å². The molecule has 1 heteroatoms. The second-order valence-corrected chi connectivity index (χ2v) is 10.1. The van der Waals surface area contributed by atoms with E-state index in [-0.39, 0.29) is 0 Å². The standard InChI is InChI=1S/C25H25I/c1-25(2)23-14-17(20-9-5-7-16-6-3-4-8-19(16)20)10-12-21(23)22-13-11-18(26)15-24(22)25/h3,5-7,9-14,21,23-24H,4,8,15H2,1-2H3. The van der Waals surface area contributed by atoms with Crippen LogP contribution in [0.5, 0.6) is 0 Å². The Kier molecular flexibility index (Phi) is 3.93. The molecule has 1 aromatic rings. The number of rotatable bonds is 1. The fourth-order valence-electron chi connectivity index (χ4n) is 5.56. The molecule has 0 N–H and O–H groups in total. The lowest BCUT2D eigenvalue weighted by molar-refractivity contribution is 0.218. The quantitative estimate of drug-likeness (QED) is 0.398. The van der Waals surface area contributed by atoms with Crippen LogP contribution in [-0.2, 0) is 6.42 Å². The van der Waals surface area contributed by atoms with Crippen LogP contribution in [0.15, 0.2) is 63.8 Å². The highest BCUT2D eigenvalue weighted by atomic mass is 127. The van der Waals surface area contributed by atoms with Gasteiger partial charge in [-0.15, -0.1) is 0 Å². The van der Waals surface area contributed by atoms with Crippen molar-refractivity contribution in [3.8, 4) is 0 Å². The Bertz CT molecular complexity index is 919. The maximum atomic E-state index is 2.60. The minimum absolute atomic E-state index is 0.311. The van der Waals surface area contributed by atoms with E-state index < -0.39 is 0 Å². The summed E-state index contributed by atoms with van der Waals surface area (Å²) in [7, 11) is 0. The molecule has 0 nitrogen and oxygen atoms in total. The Hall–Kier alpha value is -1.35. The predicted octanol–water partition coefficient (Wildman–Crippen LogP) is 7.14. The molecule has 0 radical (unpaired) electrons. The molecule has 132 valence electrons. The number of allylic oxidation sites excluding steroid dienone is 9. The molecule has 26 heavy (non-hydrogen) atoms. The van der Waals surface area contributed by atoms with E-state index in [9.17, 15) is 0 Å². The van der Waals surface area contributed by atoms with E-state index in [4.69, 9.17) is 0 Å². The third-order valence-corrected chi connectivity index (χ3v) is 7.81. The average Bonchev–Trinajstić information content (AvgIpc) is 2.88. The number of benzene rings is 1. The number of hydrogen-bond acceptors (Lipinski definition) is 0. The number of hydrogen-bond donors (Lipinski definition) is 0. The highest BCUT2D eigenvalue weighted by Gasteiger charge is 2.51. The van der Waals surface area contributed by atoms with E-state index in [1.54, 1.807) is 5.57 Å². The molecule has 1 aromatic carbocycles. The number of halogens is 1. The van der Waals surface area contributed by atoms with E-state index in [1.807, 2.05) is 0 Å². The van der Waals surface area contributed by atoms with Crippen molar-refractivity contribution in [1.29, 1.82) is 0 Å². The first-order valence-electron chi connectivity index (χ1n) is 9.80. The number of fused-ring (bicyclic) bond motifs is 4. The molecule has 1 fully saturated rings. The average molecular weight is 452 g/mol. The molecule has 0 saturated heterocycles. The first kappa shape index (κ1) is 16.8. The molecule has 0 amide bonds. The first-order valence-corrected chi connectivity index (χ1v) is 10.9. The summed E-state index contributed by atoms with van der Waals surface area (Å²) in [4.78, 5) is 0. The molecule has 0 aliphatic heterocycles. The Balaban J connectivity index is 1.58. The Morgan fingerprint density at radius 2 is 2.00 bits per heavy atom. The summed E-state index contributed by atoms with van der Waals surface area (Å²) < 4.78 is 1.50. The van der Waals surface area contributed by atoms with Gasteiger partial charge in [-0.1, -0.05) is 80.2 Å². The Labute approximate surface area is 170 Å². The van der Waals surface area contributed by atoms with Crippen molar-refractivity contribution in [2.45, 2.75) is 33.1 Å². The summed E-state index contributed by atoms with van der Waals surface area (Å²) in [5.74, 6) is 1.87. The van der Waals surface area contributed by atoms with Crippen LogP contribution in [-0.4, -0.2) is 0 Å². The molecule has 0 spiro atoms. The third kappa shape index (κ3) is 2.46. The zero-order valence-electron chi connectivity index (χ0n) is 15.5. The van der Waals surface area contributed by atoms with Crippen molar-refractivity contribution in [3.05, 3.63) is 80.5 Å². The molecule has 0 aromatic heterocycles. The van der Waals surface area contributed by atoms with Crippen LogP contribution < -0.4 is 0 Å². The van der Waals surface area contributed by atoms with Crippen molar-refractivity contribution < 1.29 is 0 Å². The minimum atomic E-state index is 0.311. The zero-order valence-corrected chi connectivity index (χ0v) is 17.7. The van der Waals surface area contributed by atoms with Gasteiger partial charge in [0.2, 0.25) is 0 Å². The summed E-state index contributed by atoms with van der Waals surface area (Å²) >= 11 is 2.52. The van der Waals surface area contributed by atoms with Gasteiger partial charge in [-0.2, -0.15) is 0 Å². The van der Waals surface area contributed by atoms with Crippen LogP contribution in [0.1, 0.15) is 43.4 Å². The van der Waals surface area contributed by atoms with Crippen molar-refractivity contribution in [3.63, 3.8) is 0 Å². The predicted molar refractivity (Wildman–Crippen MR) is 120 cm³/mol. The molecular formula is C25H25I. The van der Waals surface area contributed by atoms with Crippen LogP contribution in [0, 0.1) is 23.2 Å². The van der Waals surface area contributed by atoms with E-state index in [2.05, 4.69) is 97.2 Å². The van der Waals surface area contributed by atoms with E-state index >= 15 is 0 Å². The second kappa shape index (κ2) is 6.09. The van der Waals surface area contributed by atoms with Gasteiger partial charge in [-0.05, 0) is 84.9 Å². The molecule has 0 bridgehead atoms. The molecule has 3 atom stereocenters. The summed E-state index contributed by atoms with van der Waals surface area (Å²) in [5, 5.41) is 0. The molecule has 4 aliphatic rings. The lowest BCUT2D eigenvalue weighted by atomic mass is 9.70. The summed E-state index contributed by atoms with van der Waals surface area (Å²) in [6, 6.07) is 6.81. The molecule has 4 aliphatic carbocycles. The summed E-state index contributed by atoms with van der Waals surface area (Å²) in [6.45, 7) is 4.98. The van der Waals surface area contributed by atoms with E-state index in [1.165, 1.54) is 38.7 Å². The SMILES string of the molecule is CC1(C)C2CC(I)=CC=C2C2C=CC(c3cccc4c3CCC=C4)=CC21. The molecule has 5 rings (SSSR count). The monoisotopic (exact) mass is 452 g/mol. The van der Waals surface area contributed by atoms with Gasteiger partial charge in [-0.3, -0.25) is 0 Å². The molecule has 0 heterocycles. The van der Waals surface area contributed by atoms with Crippen LogP contribution in [0.2, 0.25) is 0 Å². The van der Waals surface area contributed by atoms with Crippen LogP contribution in [0.3, 0.4) is 0 Å². The fraction of sp³-hybridized carbons (Fsp3) is 0.360. The second-order valence-electron chi connectivity index (χ2n) is 8.71. The van der Waals surface area contributed by atoms with E-state index in [0.717, 1.165) is 6.42 Å². The van der Waals surface area contributed by atoms with Crippen molar-refractivity contribution >= 4 is 34.2 Å². The largest absolute Gasteiger partial charge is 0.0836 e. The Morgan fingerprint density at radius 3 is 2.88 bits per heavy atom. The minimum Gasteiger partial charge on any atom is -0.0836 e. The van der Waals surface area contributed by atoms with Crippen molar-refractivity contribution in [1.82, 2.24) is 0 Å². The van der Waals surface area contributed by atoms with Gasteiger partial charge in [0.05, 0.1) is 0 Å². The maximum Gasteiger partial charge on any atom is 0.00548 e. The van der Waals surface area contributed by atoms with Crippen molar-refractivity contribution in [2.24, 2.45) is 23.2 Å². The fourth-order valence-corrected chi connectivity index (χ4v) is 6.18. The highest BCUT2D eigenvalue weighted by Crippen LogP contribution is 2.60. The van der Waals surface area contributed by atoms with Gasteiger partial charge in [0.15, 0.2) is 0 Å². The molecular weight excluding hydrogens is 427 g/mol. The van der Waals surface area contributed by atoms with Crippen LogP contribution in [0.4, 0.5) is 0 Å². The zero-order chi connectivity index (χ0) is 17.9. The summed E-state index contributed by atoms with van der Waals surface area (Å²) in [5.41, 5.74) is 7.80. The van der Waals surface area contributed by atoms with Gasteiger partial charge < -0.3 is 0 Å². The van der Waals surface area contributed by atoms with Gasteiger partial charge in [0.1, 0.15) is 0 Å². The molecule has 1 saturated carbocycles. The van der Waals surface area contributed by atoms with Crippen LogP contribution in [0.25, 0.3) is 11.6 Å². The van der Waals surface area contributed by atoms with Gasteiger partial charge in [0.25, 0.3) is 0 Å². The van der Waals surface area contributed by atoms with Gasteiger partial charge >= 0.3 is 0 Å². The molecule has 3 unspecified atom stereocenters. The topological polar surface area (TPSA) is 0 Å². The maximum absolute atomic E-state index is 2.60. The lowest BCUT2D eigenvalue weighted by Crippen LogP contribution is -2.26. The normalized spacial score (nSPS) is 30.7. The highest BCUT2D eigenvalue weighted by molar-refractivity contribution is 14.1. The smallest absolute Gasteiger partial charge is 0.00548 e. The lowest BCUT2D eigenvalue weighted by Gasteiger charge is -2.34. The van der Waals surface area contributed by atoms with E-state index in [0.29, 0.717) is 23.2 Å². The summed E-state index contributed by atoms with van der Waals surface area (Å²) in [6.07, 6.45) is 20.4. The van der Waals surface area contributed by atoms with Gasteiger partial charge in [-0.25, -0.2) is 0 Å². The van der Waals surface area contributed by atoms with Crippen LogP contribution >= 0.6 is 22.6 Å². The first-order chi connectivity index (χ1) is 12.6. The Morgan fingerprint density at radius 1 is 1.12 bits per heavy atom.